The zero-order valence-electron chi connectivity index (χ0n) is 14.3. The minimum absolute atomic E-state index is 0.324. The molecule has 1 aromatic heterocycles. The predicted octanol–water partition coefficient (Wildman–Crippen LogP) is 3.93. The van der Waals surface area contributed by atoms with E-state index in [0.717, 1.165) is 22.2 Å². The predicted molar refractivity (Wildman–Crippen MR) is 98.4 cm³/mol. The van der Waals surface area contributed by atoms with Gasteiger partial charge in [0.15, 0.2) is 11.5 Å². The third-order valence-corrected chi connectivity index (χ3v) is 4.10. The van der Waals surface area contributed by atoms with Crippen molar-refractivity contribution < 1.29 is 19.0 Å². The van der Waals surface area contributed by atoms with Crippen molar-refractivity contribution in [3.05, 3.63) is 54.2 Å². The molecule has 1 aliphatic rings. The maximum absolute atomic E-state index is 12.2. The molecule has 0 unspecified atom stereocenters. The monoisotopic (exact) mass is 350 g/mol. The fraction of sp³-hybridized carbons (Fsp3) is 0.200. The van der Waals surface area contributed by atoms with Gasteiger partial charge in [-0.05, 0) is 19.1 Å². The number of nitrogens with one attached hydrogen (secondary N) is 1. The molecule has 0 spiro atoms. The molecule has 3 aromatic rings. The quantitative estimate of drug-likeness (QED) is 0.719. The maximum atomic E-state index is 12.2. The second-order valence-corrected chi connectivity index (χ2v) is 5.77. The number of anilines is 2. The minimum Gasteiger partial charge on any atom is -0.486 e. The molecule has 4 rings (SSSR count). The molecule has 0 bridgehead atoms. The highest BCUT2D eigenvalue weighted by Crippen LogP contribution is 2.34. The first kappa shape index (κ1) is 16.2. The molecule has 0 aliphatic carbocycles. The Morgan fingerprint density at radius 2 is 1.88 bits per heavy atom. The highest BCUT2D eigenvalue weighted by molar-refractivity contribution is 6.07. The van der Waals surface area contributed by atoms with Gasteiger partial charge in [-0.2, -0.15) is 0 Å². The third-order valence-electron chi connectivity index (χ3n) is 4.10. The van der Waals surface area contributed by atoms with Crippen molar-refractivity contribution in [1.29, 1.82) is 0 Å². The van der Waals surface area contributed by atoms with E-state index in [1.165, 1.54) is 0 Å². The van der Waals surface area contributed by atoms with Crippen LogP contribution < -0.4 is 14.8 Å². The van der Waals surface area contributed by atoms with Crippen molar-refractivity contribution in [3.8, 4) is 11.5 Å². The molecule has 0 fully saturated rings. The molecular formula is C20H18N2O4. The molecule has 0 amide bonds. The Balaban J connectivity index is 1.71. The molecule has 2 aromatic carbocycles. The first-order valence-corrected chi connectivity index (χ1v) is 8.48. The highest BCUT2D eigenvalue weighted by Gasteiger charge is 2.16. The van der Waals surface area contributed by atoms with Gasteiger partial charge in [-0.25, -0.2) is 9.78 Å². The van der Waals surface area contributed by atoms with Gasteiger partial charge in [0, 0.05) is 28.7 Å². The maximum Gasteiger partial charge on any atom is 0.340 e. The van der Waals surface area contributed by atoms with Crippen molar-refractivity contribution in [2.24, 2.45) is 0 Å². The summed E-state index contributed by atoms with van der Waals surface area (Å²) >= 11 is 0. The summed E-state index contributed by atoms with van der Waals surface area (Å²) in [6.45, 7) is 3.20. The lowest BCUT2D eigenvalue weighted by molar-refractivity contribution is 0.0528. The first-order chi connectivity index (χ1) is 12.8. The summed E-state index contributed by atoms with van der Waals surface area (Å²) < 4.78 is 16.3. The first-order valence-electron chi connectivity index (χ1n) is 8.48. The van der Waals surface area contributed by atoms with Crippen molar-refractivity contribution in [3.63, 3.8) is 0 Å². The summed E-state index contributed by atoms with van der Waals surface area (Å²) in [6.07, 6.45) is 1.54. The average Bonchev–Trinajstić information content (AvgIpc) is 2.68. The average molecular weight is 350 g/mol. The van der Waals surface area contributed by atoms with Crippen molar-refractivity contribution in [2.45, 2.75) is 6.92 Å². The molecule has 132 valence electrons. The molecule has 2 heterocycles. The second kappa shape index (κ2) is 6.92. The van der Waals surface area contributed by atoms with E-state index >= 15 is 0 Å². The largest absolute Gasteiger partial charge is 0.486 e. The van der Waals surface area contributed by atoms with Crippen LogP contribution in [-0.4, -0.2) is 30.8 Å². The number of hydrogen-bond donors (Lipinski definition) is 1. The van der Waals surface area contributed by atoms with Crippen LogP contribution in [0.5, 0.6) is 11.5 Å². The summed E-state index contributed by atoms with van der Waals surface area (Å²) in [4.78, 5) is 16.6. The van der Waals surface area contributed by atoms with Crippen LogP contribution >= 0.6 is 0 Å². The lowest BCUT2D eigenvalue weighted by atomic mass is 10.1. The van der Waals surface area contributed by atoms with Gasteiger partial charge < -0.3 is 19.5 Å². The molecule has 6 heteroatoms. The Hall–Kier alpha value is -3.28. The van der Waals surface area contributed by atoms with Crippen LogP contribution in [0.2, 0.25) is 0 Å². The van der Waals surface area contributed by atoms with E-state index in [2.05, 4.69) is 10.3 Å². The number of carbonyl (C=O) groups is 1. The van der Waals surface area contributed by atoms with E-state index in [0.29, 0.717) is 37.0 Å². The Morgan fingerprint density at radius 3 is 2.69 bits per heavy atom. The number of aromatic nitrogens is 1. The number of rotatable bonds is 4. The molecule has 0 saturated carbocycles. The van der Waals surface area contributed by atoms with Gasteiger partial charge in [-0.1, -0.05) is 24.3 Å². The van der Waals surface area contributed by atoms with E-state index in [9.17, 15) is 4.79 Å². The van der Waals surface area contributed by atoms with E-state index in [4.69, 9.17) is 14.2 Å². The number of ether oxygens (including phenoxy) is 3. The lowest BCUT2D eigenvalue weighted by Gasteiger charge is -2.19. The topological polar surface area (TPSA) is 69.7 Å². The smallest absolute Gasteiger partial charge is 0.340 e. The summed E-state index contributed by atoms with van der Waals surface area (Å²) in [5.74, 6) is 1.72. The van der Waals surface area contributed by atoms with E-state index < -0.39 is 0 Å². The second-order valence-electron chi connectivity index (χ2n) is 5.77. The Kier molecular flexibility index (Phi) is 4.31. The summed E-state index contributed by atoms with van der Waals surface area (Å²) in [7, 11) is 0. The van der Waals surface area contributed by atoms with Crippen molar-refractivity contribution in [1.82, 2.24) is 4.98 Å². The Morgan fingerprint density at radius 1 is 1.12 bits per heavy atom. The van der Waals surface area contributed by atoms with Crippen LogP contribution in [0.4, 0.5) is 11.5 Å². The Labute approximate surface area is 150 Å². The zero-order valence-corrected chi connectivity index (χ0v) is 14.3. The van der Waals surface area contributed by atoms with Gasteiger partial charge in [0.2, 0.25) is 0 Å². The molecule has 1 aliphatic heterocycles. The fourth-order valence-electron chi connectivity index (χ4n) is 2.92. The number of pyridine rings is 1. The standard InChI is InChI=1S/C20H18N2O4/c1-2-24-20(23)16-12-21-19(15-6-4-3-5-14(15)16)22-13-7-8-17-18(11-13)26-10-9-25-17/h3-8,11-12H,2,9-10H2,1H3,(H,21,22). The third kappa shape index (κ3) is 3.01. The van der Waals surface area contributed by atoms with E-state index in [1.54, 1.807) is 13.1 Å². The van der Waals surface area contributed by atoms with Gasteiger partial charge in [0.05, 0.1) is 12.2 Å². The Bertz CT molecular complexity index is 971. The van der Waals surface area contributed by atoms with Crippen LogP contribution in [0, 0.1) is 0 Å². The number of benzene rings is 2. The van der Waals surface area contributed by atoms with Gasteiger partial charge in [-0.3, -0.25) is 0 Å². The van der Waals surface area contributed by atoms with Crippen molar-refractivity contribution >= 4 is 28.2 Å². The minimum atomic E-state index is -0.373. The number of esters is 1. The normalized spacial score (nSPS) is 12.7. The van der Waals surface area contributed by atoms with Crippen LogP contribution in [-0.2, 0) is 4.74 Å². The van der Waals surface area contributed by atoms with E-state index in [-0.39, 0.29) is 5.97 Å². The molecule has 0 atom stereocenters. The number of hydrogen-bond acceptors (Lipinski definition) is 6. The van der Waals surface area contributed by atoms with Crippen LogP contribution in [0.25, 0.3) is 10.8 Å². The molecule has 6 nitrogen and oxygen atoms in total. The number of nitrogens with zero attached hydrogens (tertiary/aromatic N) is 1. The van der Waals surface area contributed by atoms with E-state index in [1.807, 2.05) is 42.5 Å². The molecule has 26 heavy (non-hydrogen) atoms. The zero-order chi connectivity index (χ0) is 17.9. The fourth-order valence-corrected chi connectivity index (χ4v) is 2.92. The van der Waals surface area contributed by atoms with Gasteiger partial charge in [0.25, 0.3) is 0 Å². The summed E-state index contributed by atoms with van der Waals surface area (Å²) in [6, 6.07) is 13.3. The van der Waals surface area contributed by atoms with Gasteiger partial charge in [-0.15, -0.1) is 0 Å². The molecule has 0 radical (unpaired) electrons. The summed E-state index contributed by atoms with van der Waals surface area (Å²) in [5.41, 5.74) is 1.28. The molecule has 1 N–H and O–H groups in total. The van der Waals surface area contributed by atoms with Crippen LogP contribution in [0.1, 0.15) is 17.3 Å². The molecular weight excluding hydrogens is 332 g/mol. The number of carbonyl (C=O) groups excluding carboxylic acids is 1. The summed E-state index contributed by atoms with van der Waals surface area (Å²) in [5, 5.41) is 4.93. The number of fused-ring (bicyclic) bond motifs is 2. The van der Waals surface area contributed by atoms with Gasteiger partial charge in [0.1, 0.15) is 19.0 Å². The van der Waals surface area contributed by atoms with Crippen LogP contribution in [0.15, 0.2) is 48.7 Å². The molecule has 0 saturated heterocycles. The lowest BCUT2D eigenvalue weighted by Crippen LogP contribution is -2.15. The van der Waals surface area contributed by atoms with Crippen molar-refractivity contribution in [2.75, 3.05) is 25.1 Å². The highest BCUT2D eigenvalue weighted by atomic mass is 16.6. The van der Waals surface area contributed by atoms with Gasteiger partial charge >= 0.3 is 5.97 Å². The van der Waals surface area contributed by atoms with Crippen LogP contribution in [0.3, 0.4) is 0 Å². The SMILES string of the molecule is CCOC(=O)c1cnc(Nc2ccc3c(c2)OCCO3)c2ccccc12.